The Labute approximate surface area is 244 Å². The third-order valence-electron chi connectivity index (χ3n) is 10.2. The molecule has 210 valence electrons. The van der Waals surface area contributed by atoms with E-state index in [0.717, 1.165) is 79.8 Å². The van der Waals surface area contributed by atoms with Gasteiger partial charge in [-0.3, -0.25) is 4.90 Å². The van der Waals surface area contributed by atoms with Crippen molar-refractivity contribution in [3.63, 3.8) is 0 Å². The summed E-state index contributed by atoms with van der Waals surface area (Å²) >= 11 is 12.5. The lowest BCUT2D eigenvalue weighted by Gasteiger charge is -2.61. The normalized spacial score (nSPS) is 30.2. The predicted octanol–water partition coefficient (Wildman–Crippen LogP) is 6.68. The van der Waals surface area contributed by atoms with E-state index in [-0.39, 0.29) is 0 Å². The molecule has 2 aromatic carbocycles. The zero-order valence-electron chi connectivity index (χ0n) is 23.8. The maximum atomic E-state index is 6.42. The number of hydrogen-bond donors (Lipinski definition) is 2. The number of hydrogen-bond acceptors (Lipinski definition) is 3. The molecule has 39 heavy (non-hydrogen) atoms. The van der Waals surface area contributed by atoms with Gasteiger partial charge in [0.25, 0.3) is 0 Å². The molecule has 2 heterocycles. The van der Waals surface area contributed by atoms with E-state index >= 15 is 0 Å². The summed E-state index contributed by atoms with van der Waals surface area (Å²) in [6.45, 7) is 15.5. The summed E-state index contributed by atoms with van der Waals surface area (Å²) in [5.41, 5.74) is 5.61. The highest BCUT2D eigenvalue weighted by Crippen LogP contribution is 2.61. The average molecular weight is 569 g/mol. The van der Waals surface area contributed by atoms with Crippen molar-refractivity contribution in [3.05, 3.63) is 63.1 Å². The molecule has 5 nitrogen and oxygen atoms in total. The number of nitrogens with zero attached hydrogens (tertiary/aromatic N) is 3. The summed E-state index contributed by atoms with van der Waals surface area (Å²) in [5, 5.41) is 8.84. The summed E-state index contributed by atoms with van der Waals surface area (Å²) in [6.07, 6.45) is 3.53. The molecule has 3 aliphatic carbocycles. The first-order valence-electron chi connectivity index (χ1n) is 14.8. The summed E-state index contributed by atoms with van der Waals surface area (Å²) in [4.78, 5) is 10.4. The molecule has 2 aliphatic heterocycles. The minimum atomic E-state index is 0.402. The second-order valence-electron chi connectivity index (χ2n) is 13.1. The minimum absolute atomic E-state index is 0.402. The van der Waals surface area contributed by atoms with Crippen molar-refractivity contribution in [3.8, 4) is 0 Å². The number of benzene rings is 2. The zero-order chi connectivity index (χ0) is 27.3. The molecular formula is C32H43Cl2N5. The number of fused-ring (bicyclic) bond motifs is 3. The number of nitrogens with one attached hydrogen (secondary N) is 2. The Balaban J connectivity index is 1.16. The first kappa shape index (κ1) is 27.4. The number of halogens is 2. The van der Waals surface area contributed by atoms with E-state index in [1.165, 1.54) is 24.0 Å². The lowest BCUT2D eigenvalue weighted by molar-refractivity contribution is -0.108. The fourth-order valence-corrected chi connectivity index (χ4v) is 8.10. The van der Waals surface area contributed by atoms with E-state index in [9.17, 15) is 0 Å². The van der Waals surface area contributed by atoms with Gasteiger partial charge in [0, 0.05) is 61.0 Å². The summed E-state index contributed by atoms with van der Waals surface area (Å²) in [7, 11) is 0. The number of rotatable bonds is 5. The van der Waals surface area contributed by atoms with Crippen molar-refractivity contribution in [1.82, 2.24) is 15.1 Å². The fraction of sp³-hybridized carbons (Fsp3) is 0.594. The monoisotopic (exact) mass is 567 g/mol. The summed E-state index contributed by atoms with van der Waals surface area (Å²) in [6, 6.07) is 13.6. The smallest absolute Gasteiger partial charge is 0.198 e. The Morgan fingerprint density at radius 2 is 1.90 bits per heavy atom. The minimum Gasteiger partial charge on any atom is -0.340 e. The lowest BCUT2D eigenvalue weighted by atomic mass is 9.45. The van der Waals surface area contributed by atoms with Gasteiger partial charge in [-0.1, -0.05) is 56.1 Å². The van der Waals surface area contributed by atoms with E-state index in [4.69, 9.17) is 28.2 Å². The van der Waals surface area contributed by atoms with Crippen LogP contribution in [0.5, 0.6) is 0 Å². The fourth-order valence-electron chi connectivity index (χ4n) is 7.60. The van der Waals surface area contributed by atoms with Crippen molar-refractivity contribution in [2.45, 2.75) is 72.1 Å². The summed E-state index contributed by atoms with van der Waals surface area (Å²) < 4.78 is 0. The molecular weight excluding hydrogens is 525 g/mol. The van der Waals surface area contributed by atoms with Gasteiger partial charge in [-0.15, -0.1) is 0 Å². The van der Waals surface area contributed by atoms with Gasteiger partial charge in [0.15, 0.2) is 5.96 Å². The van der Waals surface area contributed by atoms with Gasteiger partial charge in [-0.05, 0) is 90.3 Å². The van der Waals surface area contributed by atoms with E-state index in [1.807, 2.05) is 18.2 Å². The predicted molar refractivity (Wildman–Crippen MR) is 164 cm³/mol. The molecule has 2 aromatic rings. The number of anilines is 1. The van der Waals surface area contributed by atoms with Crippen LogP contribution in [0.4, 0.5) is 5.69 Å². The van der Waals surface area contributed by atoms with Crippen LogP contribution < -0.4 is 10.6 Å². The van der Waals surface area contributed by atoms with Crippen molar-refractivity contribution in [2.24, 2.45) is 28.2 Å². The van der Waals surface area contributed by atoms with Gasteiger partial charge >= 0.3 is 0 Å². The van der Waals surface area contributed by atoms with Crippen LogP contribution in [0.3, 0.4) is 0 Å². The highest BCUT2D eigenvalue weighted by Gasteiger charge is 2.56. The highest BCUT2D eigenvalue weighted by atomic mass is 35.5. The molecule has 7 heteroatoms. The average Bonchev–Trinajstić information content (AvgIpc) is 3.30. The molecule has 1 saturated heterocycles. The van der Waals surface area contributed by atoms with Crippen LogP contribution >= 0.6 is 23.2 Å². The van der Waals surface area contributed by atoms with E-state index in [0.29, 0.717) is 28.4 Å². The highest BCUT2D eigenvalue weighted by molar-refractivity contribution is 6.35. The van der Waals surface area contributed by atoms with Crippen molar-refractivity contribution >= 4 is 34.8 Å². The lowest BCUT2D eigenvalue weighted by Crippen LogP contribution is -2.57. The van der Waals surface area contributed by atoms with Crippen LogP contribution in [-0.2, 0) is 19.5 Å². The van der Waals surface area contributed by atoms with Gasteiger partial charge < -0.3 is 15.5 Å². The third-order valence-corrected chi connectivity index (χ3v) is 10.8. The molecule has 2 N–H and O–H groups in total. The van der Waals surface area contributed by atoms with Crippen LogP contribution in [0.25, 0.3) is 0 Å². The van der Waals surface area contributed by atoms with Crippen molar-refractivity contribution in [1.29, 1.82) is 0 Å². The standard InChI is InChI=1S/C32H43Cl2N5/c1-20-17-39(12-10-35-20)31(37-30-15-25-14-28(21(30)2)32(25,3)4)36-27-8-6-23-18-38(19-24(23)13-27)11-9-22-5-7-26(33)16-29(22)34/h5-8,13,16,20-21,25,28,30,35H,9-12,14-15,17-19H2,1-4H3,(H,36,37)/t20-,21-,25-,28+,30-/m0/s1. The van der Waals surface area contributed by atoms with Crippen molar-refractivity contribution in [2.75, 3.05) is 31.5 Å². The van der Waals surface area contributed by atoms with Gasteiger partial charge in [0.2, 0.25) is 0 Å². The van der Waals surface area contributed by atoms with Gasteiger partial charge in [-0.25, -0.2) is 4.99 Å². The number of guanidine groups is 1. The van der Waals surface area contributed by atoms with Crippen molar-refractivity contribution < 1.29 is 0 Å². The molecule has 5 atom stereocenters. The van der Waals surface area contributed by atoms with Gasteiger partial charge in [0.05, 0.1) is 6.04 Å². The van der Waals surface area contributed by atoms with Gasteiger partial charge in [-0.2, -0.15) is 0 Å². The Kier molecular flexibility index (Phi) is 7.64. The SMILES string of the molecule is C[C@@H]1[C@@H](N=C(Nc2ccc3c(c2)CN(CCc2ccc(Cl)cc2Cl)C3)N2CCN[C@@H](C)C2)C[C@@H]2C[C@H]1C2(C)C. The van der Waals surface area contributed by atoms with Crippen LogP contribution in [0, 0.1) is 23.2 Å². The maximum Gasteiger partial charge on any atom is 0.198 e. The first-order chi connectivity index (χ1) is 18.7. The Morgan fingerprint density at radius 3 is 2.64 bits per heavy atom. The quantitative estimate of drug-likeness (QED) is 0.312. The molecule has 0 radical (unpaired) electrons. The molecule has 0 amide bonds. The van der Waals surface area contributed by atoms with E-state index < -0.39 is 0 Å². The first-order valence-corrected chi connectivity index (χ1v) is 15.5. The number of aliphatic imine (C=N–C) groups is 1. The van der Waals surface area contributed by atoms with Crippen LogP contribution in [-0.4, -0.2) is 54.0 Å². The molecule has 2 bridgehead atoms. The molecule has 4 fully saturated rings. The Hall–Kier alpha value is -1.79. The van der Waals surface area contributed by atoms with E-state index in [2.05, 4.69) is 66.3 Å². The second-order valence-corrected chi connectivity index (χ2v) is 13.9. The Morgan fingerprint density at radius 1 is 1.08 bits per heavy atom. The van der Waals surface area contributed by atoms with Crippen LogP contribution in [0.1, 0.15) is 57.2 Å². The Bertz CT molecular complexity index is 1240. The molecule has 0 spiro atoms. The summed E-state index contributed by atoms with van der Waals surface area (Å²) in [5.74, 6) is 3.29. The molecule has 7 rings (SSSR count). The van der Waals surface area contributed by atoms with Crippen LogP contribution in [0.15, 0.2) is 41.4 Å². The van der Waals surface area contributed by atoms with Crippen LogP contribution in [0.2, 0.25) is 10.0 Å². The second kappa shape index (κ2) is 10.9. The molecule has 0 aromatic heterocycles. The maximum absolute atomic E-state index is 6.42. The number of piperazine rings is 1. The molecule has 5 aliphatic rings. The molecule has 3 saturated carbocycles. The third kappa shape index (κ3) is 5.57. The topological polar surface area (TPSA) is 42.9 Å². The zero-order valence-corrected chi connectivity index (χ0v) is 25.3. The largest absolute Gasteiger partial charge is 0.340 e. The van der Waals surface area contributed by atoms with Gasteiger partial charge in [0.1, 0.15) is 0 Å². The molecule has 0 unspecified atom stereocenters. The van der Waals surface area contributed by atoms with E-state index in [1.54, 1.807) is 0 Å².